The fourth-order valence-corrected chi connectivity index (χ4v) is 3.44. The third-order valence-corrected chi connectivity index (χ3v) is 4.72. The lowest BCUT2D eigenvalue weighted by Gasteiger charge is -2.43. The number of rotatable bonds is 2. The number of hydrogen-bond acceptors (Lipinski definition) is 2. The van der Waals surface area contributed by atoms with Crippen LogP contribution in [0.4, 0.5) is 13.2 Å². The van der Waals surface area contributed by atoms with Gasteiger partial charge in [-0.25, -0.2) is 5.01 Å². The molecule has 0 bridgehead atoms. The fourth-order valence-electron chi connectivity index (χ4n) is 3.44. The highest BCUT2D eigenvalue weighted by atomic mass is 19.4. The average Bonchev–Trinajstić information content (AvgIpc) is 2.33. The minimum Gasteiger partial charge on any atom is -0.252 e. The van der Waals surface area contributed by atoms with Gasteiger partial charge in [-0.1, -0.05) is 6.42 Å². The van der Waals surface area contributed by atoms with E-state index >= 15 is 0 Å². The molecule has 112 valence electrons. The molecule has 5 heteroatoms. The number of nitrogens with zero attached hydrogens (tertiary/aromatic N) is 1. The van der Waals surface area contributed by atoms with Gasteiger partial charge >= 0.3 is 6.18 Å². The van der Waals surface area contributed by atoms with Gasteiger partial charge < -0.3 is 0 Å². The number of halogens is 3. The maximum atomic E-state index is 12.6. The summed E-state index contributed by atoms with van der Waals surface area (Å²) in [6.07, 6.45) is 1.43. The normalized spacial score (nSPS) is 38.4. The van der Waals surface area contributed by atoms with Crippen LogP contribution in [0.2, 0.25) is 0 Å². The molecule has 1 N–H and O–H groups in total. The lowest BCUT2D eigenvalue weighted by Crippen LogP contribution is -2.56. The lowest BCUT2D eigenvalue weighted by molar-refractivity contribution is -0.183. The molecule has 1 aliphatic carbocycles. The molecular weight excluding hydrogens is 253 g/mol. The first kappa shape index (κ1) is 15.1. The van der Waals surface area contributed by atoms with Crippen LogP contribution in [-0.2, 0) is 0 Å². The molecule has 0 radical (unpaired) electrons. The minimum absolute atomic E-state index is 0.224. The van der Waals surface area contributed by atoms with Crippen LogP contribution in [0.5, 0.6) is 0 Å². The zero-order chi connectivity index (χ0) is 14.0. The van der Waals surface area contributed by atoms with E-state index in [1.807, 2.05) is 0 Å². The molecule has 1 heterocycles. The van der Waals surface area contributed by atoms with Crippen molar-refractivity contribution in [2.24, 2.45) is 5.92 Å². The monoisotopic (exact) mass is 278 g/mol. The van der Waals surface area contributed by atoms with Crippen molar-refractivity contribution in [1.82, 2.24) is 10.4 Å². The van der Waals surface area contributed by atoms with E-state index in [4.69, 9.17) is 0 Å². The summed E-state index contributed by atoms with van der Waals surface area (Å²) in [6, 6.07) is 1.20. The Bertz CT molecular complexity index is 275. The summed E-state index contributed by atoms with van der Waals surface area (Å²) >= 11 is 0. The van der Waals surface area contributed by atoms with Gasteiger partial charge in [0, 0.05) is 18.1 Å². The molecule has 2 nitrogen and oxygen atoms in total. The Labute approximate surface area is 113 Å². The van der Waals surface area contributed by atoms with E-state index in [1.54, 1.807) is 0 Å². The molecular formula is C14H25F3N2. The van der Waals surface area contributed by atoms with Crippen molar-refractivity contribution in [3.8, 4) is 0 Å². The molecule has 0 amide bonds. The van der Waals surface area contributed by atoms with E-state index in [1.165, 1.54) is 19.3 Å². The van der Waals surface area contributed by atoms with Crippen LogP contribution >= 0.6 is 0 Å². The largest absolute Gasteiger partial charge is 0.391 e. The van der Waals surface area contributed by atoms with Crippen LogP contribution in [0.15, 0.2) is 0 Å². The highest BCUT2D eigenvalue weighted by Crippen LogP contribution is 2.37. The highest BCUT2D eigenvalue weighted by molar-refractivity contribution is 4.83. The Kier molecular flexibility index (Phi) is 4.77. The van der Waals surface area contributed by atoms with Crippen LogP contribution in [-0.4, -0.2) is 29.3 Å². The SMILES string of the molecule is CC1CCCC(C)N1NC1CCC(C(F)(F)F)CC1. The van der Waals surface area contributed by atoms with Gasteiger partial charge in [-0.15, -0.1) is 0 Å². The zero-order valence-electron chi connectivity index (χ0n) is 11.8. The molecule has 2 aliphatic rings. The molecule has 1 aliphatic heterocycles. The minimum atomic E-state index is -4.00. The van der Waals surface area contributed by atoms with E-state index in [-0.39, 0.29) is 18.9 Å². The van der Waals surface area contributed by atoms with E-state index in [2.05, 4.69) is 24.3 Å². The Morgan fingerprint density at radius 1 is 0.895 bits per heavy atom. The molecule has 1 saturated carbocycles. The van der Waals surface area contributed by atoms with E-state index < -0.39 is 12.1 Å². The second-order valence-electron chi connectivity index (χ2n) is 6.26. The van der Waals surface area contributed by atoms with Crippen molar-refractivity contribution in [2.45, 2.75) is 83.1 Å². The molecule has 1 saturated heterocycles. The number of hydrogen-bond donors (Lipinski definition) is 1. The quantitative estimate of drug-likeness (QED) is 0.824. The van der Waals surface area contributed by atoms with Crippen LogP contribution in [0.25, 0.3) is 0 Å². The number of alkyl halides is 3. The molecule has 2 fully saturated rings. The Hall–Kier alpha value is -0.290. The lowest BCUT2D eigenvalue weighted by atomic mass is 9.86. The van der Waals surface area contributed by atoms with Crippen molar-refractivity contribution in [3.63, 3.8) is 0 Å². The van der Waals surface area contributed by atoms with Crippen molar-refractivity contribution >= 4 is 0 Å². The summed E-state index contributed by atoms with van der Waals surface area (Å²) in [5.74, 6) is -1.08. The number of hydrazine groups is 1. The first-order valence-electron chi connectivity index (χ1n) is 7.49. The topological polar surface area (TPSA) is 15.3 Å². The van der Waals surface area contributed by atoms with Gasteiger partial charge in [-0.3, -0.25) is 5.43 Å². The van der Waals surface area contributed by atoms with Crippen molar-refractivity contribution < 1.29 is 13.2 Å². The summed E-state index contributed by atoms with van der Waals surface area (Å²) in [4.78, 5) is 0. The predicted molar refractivity (Wildman–Crippen MR) is 69.6 cm³/mol. The van der Waals surface area contributed by atoms with Crippen molar-refractivity contribution in [1.29, 1.82) is 0 Å². The molecule has 0 aromatic heterocycles. The average molecular weight is 278 g/mol. The Morgan fingerprint density at radius 3 is 1.89 bits per heavy atom. The number of nitrogens with one attached hydrogen (secondary N) is 1. The second-order valence-corrected chi connectivity index (χ2v) is 6.26. The summed E-state index contributed by atoms with van der Waals surface area (Å²) in [6.45, 7) is 4.40. The van der Waals surface area contributed by atoms with Gasteiger partial charge in [0.2, 0.25) is 0 Å². The van der Waals surface area contributed by atoms with Crippen molar-refractivity contribution in [2.75, 3.05) is 0 Å². The maximum Gasteiger partial charge on any atom is 0.391 e. The standard InChI is InChI=1S/C14H25F3N2/c1-10-4-3-5-11(2)19(10)18-13-8-6-12(7-9-13)14(15,16)17/h10-13,18H,3-9H2,1-2H3. The molecule has 19 heavy (non-hydrogen) atoms. The van der Waals surface area contributed by atoms with Gasteiger partial charge in [0.15, 0.2) is 0 Å². The highest BCUT2D eigenvalue weighted by Gasteiger charge is 2.41. The van der Waals surface area contributed by atoms with E-state index in [9.17, 15) is 13.2 Å². The summed E-state index contributed by atoms with van der Waals surface area (Å²) in [5, 5.41) is 2.28. The third-order valence-electron chi connectivity index (χ3n) is 4.72. The molecule has 0 aromatic carbocycles. The van der Waals surface area contributed by atoms with Crippen LogP contribution in [0.3, 0.4) is 0 Å². The van der Waals surface area contributed by atoms with Gasteiger partial charge in [0.1, 0.15) is 0 Å². The summed E-state index contributed by atoms with van der Waals surface area (Å²) < 4.78 is 37.9. The molecule has 2 atom stereocenters. The summed E-state index contributed by atoms with van der Waals surface area (Å²) in [7, 11) is 0. The first-order chi connectivity index (χ1) is 8.88. The van der Waals surface area contributed by atoms with Gasteiger partial charge in [-0.05, 0) is 52.4 Å². The van der Waals surface area contributed by atoms with E-state index in [0.717, 1.165) is 0 Å². The third kappa shape index (κ3) is 3.85. The smallest absolute Gasteiger partial charge is 0.252 e. The Balaban J connectivity index is 1.82. The molecule has 0 spiro atoms. The fraction of sp³-hybridized carbons (Fsp3) is 1.00. The predicted octanol–water partition coefficient (Wildman–Crippen LogP) is 3.88. The van der Waals surface area contributed by atoms with Crippen LogP contribution in [0, 0.1) is 5.92 Å². The van der Waals surface area contributed by atoms with Crippen LogP contribution < -0.4 is 5.43 Å². The molecule has 2 rings (SSSR count). The molecule has 0 aromatic rings. The molecule has 2 unspecified atom stereocenters. The first-order valence-corrected chi connectivity index (χ1v) is 7.49. The van der Waals surface area contributed by atoms with Crippen molar-refractivity contribution in [3.05, 3.63) is 0 Å². The van der Waals surface area contributed by atoms with Gasteiger partial charge in [-0.2, -0.15) is 13.2 Å². The van der Waals surface area contributed by atoms with Gasteiger partial charge in [0.05, 0.1) is 5.92 Å². The summed E-state index contributed by atoms with van der Waals surface area (Å²) in [5.41, 5.74) is 3.50. The Morgan fingerprint density at radius 2 is 1.42 bits per heavy atom. The van der Waals surface area contributed by atoms with E-state index in [0.29, 0.717) is 24.9 Å². The second kappa shape index (κ2) is 6.00. The van der Waals surface area contributed by atoms with Gasteiger partial charge in [0.25, 0.3) is 0 Å². The maximum absolute atomic E-state index is 12.6. The number of piperidine rings is 1. The zero-order valence-corrected chi connectivity index (χ0v) is 11.8. The van der Waals surface area contributed by atoms with Crippen LogP contribution in [0.1, 0.15) is 58.8 Å².